The Kier molecular flexibility index (Phi) is 24.6. The van der Waals surface area contributed by atoms with Crippen LogP contribution >= 0.6 is 0 Å². The number of rotatable bonds is 20. The Hall–Kier alpha value is 0.986. The SMILES string of the molecule is CCCCCCCC(CCC[O-])C(C)(C)OC(=O)CCCNCCCCCO.[K+]. The summed E-state index contributed by atoms with van der Waals surface area (Å²) in [6.07, 6.45) is 12.8. The van der Waals surface area contributed by atoms with E-state index in [0.29, 0.717) is 12.8 Å². The van der Waals surface area contributed by atoms with Crippen LogP contribution in [-0.4, -0.2) is 43.0 Å². The molecular formula is C23H46KNO4. The second-order valence-corrected chi connectivity index (χ2v) is 8.46. The fourth-order valence-electron chi connectivity index (χ4n) is 3.61. The molecule has 0 heterocycles. The van der Waals surface area contributed by atoms with Crippen molar-refractivity contribution >= 4 is 5.97 Å². The Morgan fingerprint density at radius 1 is 0.966 bits per heavy atom. The summed E-state index contributed by atoms with van der Waals surface area (Å²) in [4.78, 5) is 12.3. The summed E-state index contributed by atoms with van der Waals surface area (Å²) in [6, 6.07) is 0. The molecule has 0 radical (unpaired) electrons. The fraction of sp³-hybridized carbons (Fsp3) is 0.957. The van der Waals surface area contributed by atoms with E-state index in [1.165, 1.54) is 25.7 Å². The molecule has 2 N–H and O–H groups in total. The van der Waals surface area contributed by atoms with Gasteiger partial charge in [-0.2, -0.15) is 0 Å². The van der Waals surface area contributed by atoms with E-state index in [1.807, 2.05) is 13.8 Å². The predicted molar refractivity (Wildman–Crippen MR) is 114 cm³/mol. The van der Waals surface area contributed by atoms with Crippen LogP contribution in [0.25, 0.3) is 0 Å². The fourth-order valence-corrected chi connectivity index (χ4v) is 3.61. The van der Waals surface area contributed by atoms with E-state index in [2.05, 4.69) is 12.2 Å². The third kappa shape index (κ3) is 19.4. The van der Waals surface area contributed by atoms with Crippen molar-refractivity contribution in [3.8, 4) is 0 Å². The maximum Gasteiger partial charge on any atom is 1.00 e. The first-order chi connectivity index (χ1) is 13.5. The second kappa shape index (κ2) is 22.2. The van der Waals surface area contributed by atoms with E-state index >= 15 is 0 Å². The first-order valence-corrected chi connectivity index (χ1v) is 11.6. The van der Waals surface area contributed by atoms with Gasteiger partial charge < -0.3 is 20.3 Å². The van der Waals surface area contributed by atoms with Crippen molar-refractivity contribution in [3.05, 3.63) is 0 Å². The van der Waals surface area contributed by atoms with E-state index in [1.54, 1.807) is 0 Å². The molecule has 0 aliphatic carbocycles. The summed E-state index contributed by atoms with van der Waals surface area (Å²) in [6.45, 7) is 8.17. The summed E-state index contributed by atoms with van der Waals surface area (Å²) < 4.78 is 5.84. The Bertz CT molecular complexity index is 367. The van der Waals surface area contributed by atoms with Crippen molar-refractivity contribution < 1.29 is 71.1 Å². The number of nitrogens with one attached hydrogen (secondary N) is 1. The zero-order chi connectivity index (χ0) is 21.1. The maximum absolute atomic E-state index is 12.3. The van der Waals surface area contributed by atoms with Gasteiger partial charge in [0.2, 0.25) is 0 Å². The van der Waals surface area contributed by atoms with Crippen molar-refractivity contribution in [2.75, 3.05) is 26.3 Å². The molecule has 0 saturated heterocycles. The van der Waals surface area contributed by atoms with Crippen molar-refractivity contribution in [2.45, 2.75) is 110 Å². The van der Waals surface area contributed by atoms with E-state index < -0.39 is 5.60 Å². The Morgan fingerprint density at radius 3 is 2.24 bits per heavy atom. The van der Waals surface area contributed by atoms with Gasteiger partial charge in [0.25, 0.3) is 0 Å². The number of hydrogen-bond donors (Lipinski definition) is 2. The zero-order valence-corrected chi connectivity index (χ0v) is 22.9. The molecule has 6 heteroatoms. The van der Waals surface area contributed by atoms with Crippen LogP contribution in [-0.2, 0) is 9.53 Å². The van der Waals surface area contributed by atoms with Crippen molar-refractivity contribution in [1.29, 1.82) is 0 Å². The number of carbonyl (C=O) groups excluding carboxylic acids is 1. The molecule has 0 aromatic rings. The molecule has 0 aliphatic rings. The molecule has 5 nitrogen and oxygen atoms in total. The van der Waals surface area contributed by atoms with Gasteiger partial charge in [-0.25, -0.2) is 0 Å². The average molecular weight is 440 g/mol. The van der Waals surface area contributed by atoms with Gasteiger partial charge in [-0.05, 0) is 71.4 Å². The average Bonchev–Trinajstić information content (AvgIpc) is 2.65. The monoisotopic (exact) mass is 439 g/mol. The molecule has 0 saturated carbocycles. The van der Waals surface area contributed by atoms with Gasteiger partial charge in [0.15, 0.2) is 0 Å². The smallest absolute Gasteiger partial charge is 0.854 e. The molecule has 0 aromatic heterocycles. The number of unbranched alkanes of at least 4 members (excludes halogenated alkanes) is 6. The largest absolute Gasteiger partial charge is 1.00 e. The van der Waals surface area contributed by atoms with Crippen LogP contribution in [0, 0.1) is 5.92 Å². The second-order valence-electron chi connectivity index (χ2n) is 8.46. The number of hydrogen-bond acceptors (Lipinski definition) is 5. The molecule has 0 aliphatic heterocycles. The summed E-state index contributed by atoms with van der Waals surface area (Å²) in [5, 5.41) is 23.0. The molecule has 0 fully saturated rings. The topological polar surface area (TPSA) is 81.6 Å². The summed E-state index contributed by atoms with van der Waals surface area (Å²) in [7, 11) is 0. The molecule has 1 atom stereocenters. The summed E-state index contributed by atoms with van der Waals surface area (Å²) in [5.74, 6) is 0.127. The number of esters is 1. The van der Waals surface area contributed by atoms with E-state index in [4.69, 9.17) is 9.84 Å². The van der Waals surface area contributed by atoms with Crippen LogP contribution in [0.3, 0.4) is 0 Å². The molecule has 0 aromatic carbocycles. The zero-order valence-electron chi connectivity index (χ0n) is 19.8. The molecule has 29 heavy (non-hydrogen) atoms. The molecular weight excluding hydrogens is 393 g/mol. The van der Waals surface area contributed by atoms with Crippen LogP contribution in [0.4, 0.5) is 0 Å². The third-order valence-corrected chi connectivity index (χ3v) is 5.46. The number of carbonyl (C=O) groups is 1. The first-order valence-electron chi connectivity index (χ1n) is 11.6. The van der Waals surface area contributed by atoms with Crippen LogP contribution in [0.5, 0.6) is 0 Å². The van der Waals surface area contributed by atoms with Gasteiger partial charge in [0, 0.05) is 13.0 Å². The quantitative estimate of drug-likeness (QED) is 0.168. The number of aliphatic hydroxyl groups is 1. The van der Waals surface area contributed by atoms with Gasteiger partial charge in [-0.15, -0.1) is 6.61 Å². The van der Waals surface area contributed by atoms with Crippen molar-refractivity contribution in [2.24, 2.45) is 5.92 Å². The minimum absolute atomic E-state index is 0. The molecule has 0 rings (SSSR count). The summed E-state index contributed by atoms with van der Waals surface area (Å²) >= 11 is 0. The molecule has 0 amide bonds. The first kappa shape index (κ1) is 32.2. The molecule has 168 valence electrons. The van der Waals surface area contributed by atoms with Crippen LogP contribution in [0.1, 0.15) is 104 Å². The van der Waals surface area contributed by atoms with E-state index in [9.17, 15) is 9.90 Å². The van der Waals surface area contributed by atoms with E-state index in [-0.39, 0.29) is 76.5 Å². The molecule has 1 unspecified atom stereocenters. The van der Waals surface area contributed by atoms with Crippen LogP contribution < -0.4 is 61.8 Å². The minimum Gasteiger partial charge on any atom is -0.854 e. The summed E-state index contributed by atoms with van der Waals surface area (Å²) in [5.41, 5.74) is -0.505. The van der Waals surface area contributed by atoms with Crippen molar-refractivity contribution in [3.63, 3.8) is 0 Å². The van der Waals surface area contributed by atoms with Gasteiger partial charge in [-0.3, -0.25) is 4.79 Å². The van der Waals surface area contributed by atoms with E-state index in [0.717, 1.165) is 58.0 Å². The maximum atomic E-state index is 12.3. The third-order valence-electron chi connectivity index (χ3n) is 5.46. The Balaban J connectivity index is 0. The standard InChI is InChI=1S/C23H46NO4.K/c1-4-5-6-7-9-14-21(15-13-20-26)23(2,3)28-22(27)16-12-18-24-17-10-8-11-19-25;/h21,24-25H,4-20H2,1-3H3;/q-1;+1. The van der Waals surface area contributed by atoms with Crippen LogP contribution in [0.15, 0.2) is 0 Å². The normalized spacial score (nSPS) is 12.4. The molecule has 0 bridgehead atoms. The van der Waals surface area contributed by atoms with Gasteiger partial charge >= 0.3 is 57.4 Å². The Labute approximate surface area is 222 Å². The van der Waals surface area contributed by atoms with Gasteiger partial charge in [0.1, 0.15) is 5.60 Å². The molecule has 0 spiro atoms. The minimum atomic E-state index is -0.505. The van der Waals surface area contributed by atoms with Gasteiger partial charge in [0.05, 0.1) is 0 Å². The van der Waals surface area contributed by atoms with Crippen LogP contribution in [0.2, 0.25) is 0 Å². The number of aliphatic hydroxyl groups excluding tert-OH is 1. The Morgan fingerprint density at radius 2 is 1.59 bits per heavy atom. The predicted octanol–water partition coefficient (Wildman–Crippen LogP) is 0.962. The van der Waals surface area contributed by atoms with Gasteiger partial charge in [-0.1, -0.05) is 45.4 Å². The number of ether oxygens (including phenoxy) is 1. The van der Waals surface area contributed by atoms with Crippen molar-refractivity contribution in [1.82, 2.24) is 5.32 Å².